The van der Waals surface area contributed by atoms with Crippen LogP contribution in [0.25, 0.3) is 0 Å². The Kier molecular flexibility index (Phi) is 5.40. The minimum Gasteiger partial charge on any atom is -0.447 e. The van der Waals surface area contributed by atoms with Gasteiger partial charge in [0, 0.05) is 25.2 Å². The fourth-order valence-corrected chi connectivity index (χ4v) is 3.35. The minimum absolute atomic E-state index is 0.0147. The Morgan fingerprint density at radius 1 is 1.33 bits per heavy atom. The van der Waals surface area contributed by atoms with E-state index in [4.69, 9.17) is 4.74 Å². The maximum absolute atomic E-state index is 12.5. The molecule has 1 N–H and O–H groups in total. The molecular formula is C16H19F3N4O4. The van der Waals surface area contributed by atoms with Gasteiger partial charge in [-0.25, -0.2) is 4.79 Å². The summed E-state index contributed by atoms with van der Waals surface area (Å²) in [7, 11) is 0. The molecule has 1 aromatic carbocycles. The molecule has 3 rings (SSSR count). The second-order valence-electron chi connectivity index (χ2n) is 6.61. The second-order valence-corrected chi connectivity index (χ2v) is 6.61. The third-order valence-electron chi connectivity index (χ3n) is 4.60. The third-order valence-corrected chi connectivity index (χ3v) is 4.60. The number of carbonyl (C=O) groups excluding carboxylic acids is 1. The van der Waals surface area contributed by atoms with E-state index in [1.807, 2.05) is 0 Å². The van der Waals surface area contributed by atoms with Crippen molar-refractivity contribution in [2.45, 2.75) is 12.6 Å². The summed E-state index contributed by atoms with van der Waals surface area (Å²) in [4.78, 5) is 25.0. The first-order valence-corrected chi connectivity index (χ1v) is 8.48. The molecule has 2 fully saturated rings. The molecule has 0 radical (unpaired) electrons. The van der Waals surface area contributed by atoms with E-state index in [9.17, 15) is 28.1 Å². The average molecular weight is 388 g/mol. The maximum Gasteiger partial charge on any atom is 0.414 e. The Bertz CT molecular complexity index is 728. The highest BCUT2D eigenvalue weighted by molar-refractivity contribution is 5.94. The predicted molar refractivity (Wildman–Crippen MR) is 90.9 cm³/mol. The van der Waals surface area contributed by atoms with Crippen molar-refractivity contribution in [3.8, 4) is 0 Å². The number of hydrogen-bond acceptors (Lipinski definition) is 6. The number of alkyl halides is 3. The van der Waals surface area contributed by atoms with Gasteiger partial charge in [0.1, 0.15) is 6.61 Å². The molecule has 0 aromatic heterocycles. The number of carbonyl (C=O) groups is 1. The number of amides is 1. The van der Waals surface area contributed by atoms with E-state index in [2.05, 4.69) is 5.32 Å². The van der Waals surface area contributed by atoms with Gasteiger partial charge in [-0.05, 0) is 24.9 Å². The number of non-ortho nitro benzene ring substituents is 1. The molecule has 11 heteroatoms. The smallest absolute Gasteiger partial charge is 0.414 e. The minimum atomic E-state index is -4.22. The van der Waals surface area contributed by atoms with Crippen molar-refractivity contribution in [3.63, 3.8) is 0 Å². The number of nitrogens with zero attached hydrogens (tertiary/aromatic N) is 3. The largest absolute Gasteiger partial charge is 0.447 e. The van der Waals surface area contributed by atoms with Gasteiger partial charge in [-0.15, -0.1) is 0 Å². The number of likely N-dealkylation sites (tertiary alicyclic amines) is 1. The monoisotopic (exact) mass is 388 g/mol. The number of ether oxygens (including phenoxy) is 1. The van der Waals surface area contributed by atoms with E-state index < -0.39 is 23.7 Å². The Morgan fingerprint density at radius 3 is 2.74 bits per heavy atom. The summed E-state index contributed by atoms with van der Waals surface area (Å²) >= 11 is 0. The van der Waals surface area contributed by atoms with Gasteiger partial charge < -0.3 is 10.1 Å². The van der Waals surface area contributed by atoms with Crippen LogP contribution in [0, 0.1) is 16.0 Å². The standard InChI is InChI=1S/C16H19F3N4O4/c17-16(18,19)10-21-4-3-11(9-21)8-20-13-2-1-12(23(25)26)7-14(13)22-5-6-27-15(22)24/h1-2,7,11,20H,3-6,8-10H2. The lowest BCUT2D eigenvalue weighted by atomic mass is 10.1. The number of nitrogens with one attached hydrogen (secondary N) is 1. The topological polar surface area (TPSA) is 87.9 Å². The van der Waals surface area contributed by atoms with Gasteiger partial charge in [-0.2, -0.15) is 13.2 Å². The Morgan fingerprint density at radius 2 is 2.11 bits per heavy atom. The molecule has 2 heterocycles. The second kappa shape index (κ2) is 7.59. The van der Waals surface area contributed by atoms with Crippen LogP contribution in [0.5, 0.6) is 0 Å². The summed E-state index contributed by atoms with van der Waals surface area (Å²) in [5, 5.41) is 14.2. The van der Waals surface area contributed by atoms with E-state index in [1.54, 1.807) is 0 Å². The van der Waals surface area contributed by atoms with Crippen LogP contribution in [0.3, 0.4) is 0 Å². The summed E-state index contributed by atoms with van der Waals surface area (Å²) in [5.41, 5.74) is 0.679. The van der Waals surface area contributed by atoms with E-state index in [0.717, 1.165) is 0 Å². The van der Waals surface area contributed by atoms with Gasteiger partial charge in [0.05, 0.1) is 29.4 Å². The van der Waals surface area contributed by atoms with Crippen molar-refractivity contribution in [3.05, 3.63) is 28.3 Å². The van der Waals surface area contributed by atoms with Crippen LogP contribution in [0.2, 0.25) is 0 Å². The molecule has 0 saturated carbocycles. The Hall–Kier alpha value is -2.56. The number of cyclic esters (lactones) is 1. The summed E-state index contributed by atoms with van der Waals surface area (Å²) in [5.74, 6) is 0.0147. The van der Waals surface area contributed by atoms with Crippen LogP contribution in [0.4, 0.5) is 35.0 Å². The maximum atomic E-state index is 12.5. The lowest BCUT2D eigenvalue weighted by molar-refractivity contribution is -0.384. The molecule has 1 unspecified atom stereocenters. The highest BCUT2D eigenvalue weighted by Crippen LogP contribution is 2.33. The molecule has 1 amide bonds. The Balaban J connectivity index is 1.68. The molecule has 2 aliphatic rings. The van der Waals surface area contributed by atoms with Crippen LogP contribution >= 0.6 is 0 Å². The van der Waals surface area contributed by atoms with E-state index >= 15 is 0 Å². The summed E-state index contributed by atoms with van der Waals surface area (Å²) < 4.78 is 42.4. The van der Waals surface area contributed by atoms with Crippen molar-refractivity contribution in [1.29, 1.82) is 0 Å². The van der Waals surface area contributed by atoms with Crippen LogP contribution < -0.4 is 10.2 Å². The number of halogens is 3. The van der Waals surface area contributed by atoms with Crippen LogP contribution in [0.1, 0.15) is 6.42 Å². The molecule has 27 heavy (non-hydrogen) atoms. The van der Waals surface area contributed by atoms with Crippen molar-refractivity contribution in [2.24, 2.45) is 5.92 Å². The normalized spacial score (nSPS) is 20.8. The number of anilines is 2. The third kappa shape index (κ3) is 4.79. The zero-order valence-corrected chi connectivity index (χ0v) is 14.4. The zero-order valence-electron chi connectivity index (χ0n) is 14.4. The molecule has 1 atom stereocenters. The van der Waals surface area contributed by atoms with E-state index in [1.165, 1.54) is 28.0 Å². The summed E-state index contributed by atoms with van der Waals surface area (Å²) in [6, 6.07) is 4.11. The predicted octanol–water partition coefficient (Wildman–Crippen LogP) is 2.85. The van der Waals surface area contributed by atoms with Crippen LogP contribution in [-0.4, -0.2) is 61.4 Å². The zero-order chi connectivity index (χ0) is 19.6. The quantitative estimate of drug-likeness (QED) is 0.596. The molecule has 0 bridgehead atoms. The molecule has 2 saturated heterocycles. The number of nitro groups is 1. The summed E-state index contributed by atoms with van der Waals surface area (Å²) in [6.45, 7) is 0.638. The first kappa shape index (κ1) is 19.2. The molecule has 1 aromatic rings. The highest BCUT2D eigenvalue weighted by Gasteiger charge is 2.34. The van der Waals surface area contributed by atoms with Crippen LogP contribution in [-0.2, 0) is 4.74 Å². The first-order chi connectivity index (χ1) is 12.7. The summed E-state index contributed by atoms with van der Waals surface area (Å²) in [6.07, 6.45) is -4.18. The lowest BCUT2D eigenvalue weighted by Crippen LogP contribution is -2.33. The van der Waals surface area contributed by atoms with Crippen molar-refractivity contribution < 1.29 is 27.6 Å². The van der Waals surface area contributed by atoms with E-state index in [-0.39, 0.29) is 24.8 Å². The highest BCUT2D eigenvalue weighted by atomic mass is 19.4. The first-order valence-electron chi connectivity index (χ1n) is 8.48. The SMILES string of the molecule is O=C1OCCN1c1cc([N+](=O)[O-])ccc1NCC1CCN(CC(F)(F)F)C1. The number of rotatable bonds is 6. The van der Waals surface area contributed by atoms with Gasteiger partial charge in [0.2, 0.25) is 0 Å². The average Bonchev–Trinajstić information content (AvgIpc) is 3.20. The number of benzene rings is 1. The molecule has 8 nitrogen and oxygen atoms in total. The van der Waals surface area contributed by atoms with E-state index in [0.29, 0.717) is 37.4 Å². The molecule has 0 aliphatic carbocycles. The Labute approximate surface area is 153 Å². The lowest BCUT2D eigenvalue weighted by Gasteiger charge is -2.20. The van der Waals surface area contributed by atoms with Crippen molar-refractivity contribution in [2.75, 3.05) is 49.5 Å². The van der Waals surface area contributed by atoms with Gasteiger partial charge in [0.15, 0.2) is 0 Å². The fourth-order valence-electron chi connectivity index (χ4n) is 3.35. The molecule has 148 valence electrons. The number of nitro benzene ring substituents is 1. The fraction of sp³-hybridized carbons (Fsp3) is 0.562. The molecular weight excluding hydrogens is 369 g/mol. The van der Waals surface area contributed by atoms with Gasteiger partial charge >= 0.3 is 12.3 Å². The van der Waals surface area contributed by atoms with Gasteiger partial charge in [-0.1, -0.05) is 0 Å². The van der Waals surface area contributed by atoms with Crippen molar-refractivity contribution in [1.82, 2.24) is 4.90 Å². The van der Waals surface area contributed by atoms with Crippen LogP contribution in [0.15, 0.2) is 18.2 Å². The van der Waals surface area contributed by atoms with Crippen molar-refractivity contribution >= 4 is 23.2 Å². The van der Waals surface area contributed by atoms with Gasteiger partial charge in [0.25, 0.3) is 5.69 Å². The molecule has 2 aliphatic heterocycles. The number of hydrogen-bond donors (Lipinski definition) is 1. The van der Waals surface area contributed by atoms with Gasteiger partial charge in [-0.3, -0.25) is 19.9 Å². The molecule has 0 spiro atoms.